The molecule has 106 valence electrons. The van der Waals surface area contributed by atoms with Crippen LogP contribution in [0.4, 0.5) is 0 Å². The molecule has 0 saturated heterocycles. The molecule has 0 saturated carbocycles. The third-order valence-electron chi connectivity index (χ3n) is 3.08. The quantitative estimate of drug-likeness (QED) is 0.689. The number of nitrogens with zero attached hydrogens (tertiary/aromatic N) is 4. The third kappa shape index (κ3) is 2.91. The average molecular weight is 288 g/mol. The Kier molecular flexibility index (Phi) is 3.75. The fraction of sp³-hybridized carbons (Fsp3) is 0.0588. The molecule has 3 rings (SSSR count). The van der Waals surface area contributed by atoms with E-state index in [2.05, 4.69) is 21.2 Å². The summed E-state index contributed by atoms with van der Waals surface area (Å²) in [5.74, 6) is 0.657. The molecule has 2 heterocycles. The highest BCUT2D eigenvalue weighted by Gasteiger charge is 2.12. The molecule has 0 aliphatic rings. The molecule has 0 spiro atoms. The summed E-state index contributed by atoms with van der Waals surface area (Å²) < 4.78 is 5.20. The lowest BCUT2D eigenvalue weighted by Crippen LogP contribution is -1.84. The highest BCUT2D eigenvalue weighted by Crippen LogP contribution is 2.21. The Morgan fingerprint density at radius 3 is 2.73 bits per heavy atom. The van der Waals surface area contributed by atoms with Crippen LogP contribution in [0.3, 0.4) is 0 Å². The van der Waals surface area contributed by atoms with Gasteiger partial charge in [0.25, 0.3) is 5.89 Å². The van der Waals surface area contributed by atoms with Gasteiger partial charge in [0.1, 0.15) is 11.6 Å². The molecule has 0 bridgehead atoms. The summed E-state index contributed by atoms with van der Waals surface area (Å²) in [5, 5.41) is 13.2. The molecule has 5 nitrogen and oxygen atoms in total. The first kappa shape index (κ1) is 13.7. The molecule has 0 fully saturated rings. The number of nitriles is 1. The molecule has 0 amide bonds. The molecular weight excluding hydrogens is 276 g/mol. The van der Waals surface area contributed by atoms with Crippen molar-refractivity contribution in [2.24, 2.45) is 0 Å². The Morgan fingerprint density at radius 2 is 2.05 bits per heavy atom. The number of hydrogen-bond donors (Lipinski definition) is 0. The van der Waals surface area contributed by atoms with Gasteiger partial charge in [0.05, 0.1) is 0 Å². The van der Waals surface area contributed by atoms with Crippen molar-refractivity contribution in [1.82, 2.24) is 15.1 Å². The van der Waals surface area contributed by atoms with Gasteiger partial charge in [0.2, 0.25) is 5.82 Å². The summed E-state index contributed by atoms with van der Waals surface area (Å²) >= 11 is 0. The SMILES string of the molecule is Cc1ccc(-c2noc(/C(C#N)=C/c3cccnc3)n2)cc1. The number of hydrogen-bond acceptors (Lipinski definition) is 5. The Morgan fingerprint density at radius 1 is 1.23 bits per heavy atom. The van der Waals surface area contributed by atoms with E-state index < -0.39 is 0 Å². The van der Waals surface area contributed by atoms with E-state index in [0.717, 1.165) is 16.7 Å². The topological polar surface area (TPSA) is 75.6 Å². The van der Waals surface area contributed by atoms with Crippen molar-refractivity contribution in [2.75, 3.05) is 0 Å². The Bertz CT molecular complexity index is 842. The molecule has 2 aromatic heterocycles. The largest absolute Gasteiger partial charge is 0.333 e. The number of allylic oxidation sites excluding steroid dienone is 1. The van der Waals surface area contributed by atoms with E-state index in [0.29, 0.717) is 11.4 Å². The summed E-state index contributed by atoms with van der Waals surface area (Å²) in [6.45, 7) is 2.01. The zero-order chi connectivity index (χ0) is 15.4. The predicted molar refractivity (Wildman–Crippen MR) is 82.2 cm³/mol. The molecule has 1 aromatic carbocycles. The second-order valence-electron chi connectivity index (χ2n) is 4.75. The van der Waals surface area contributed by atoms with Crippen molar-refractivity contribution in [3.63, 3.8) is 0 Å². The molecule has 22 heavy (non-hydrogen) atoms. The van der Waals surface area contributed by atoms with E-state index in [1.807, 2.05) is 37.3 Å². The average Bonchev–Trinajstić information content (AvgIpc) is 3.04. The molecule has 5 heteroatoms. The predicted octanol–water partition coefficient (Wildman–Crippen LogP) is 3.50. The Hall–Kier alpha value is -3.26. The Balaban J connectivity index is 1.94. The van der Waals surface area contributed by atoms with Crippen LogP contribution in [0.1, 0.15) is 17.0 Å². The van der Waals surface area contributed by atoms with E-state index in [9.17, 15) is 5.26 Å². The normalized spacial score (nSPS) is 11.2. The van der Waals surface area contributed by atoms with Crippen molar-refractivity contribution in [2.45, 2.75) is 6.92 Å². The van der Waals surface area contributed by atoms with E-state index in [-0.39, 0.29) is 5.89 Å². The minimum absolute atomic E-state index is 0.196. The van der Waals surface area contributed by atoms with Crippen molar-refractivity contribution in [3.8, 4) is 17.5 Å². The zero-order valence-electron chi connectivity index (χ0n) is 11.9. The first-order valence-electron chi connectivity index (χ1n) is 6.69. The summed E-state index contributed by atoms with van der Waals surface area (Å²) in [4.78, 5) is 8.29. The van der Waals surface area contributed by atoms with E-state index in [4.69, 9.17) is 4.52 Å². The molecule has 0 radical (unpaired) electrons. The van der Waals surface area contributed by atoms with Crippen LogP contribution in [0, 0.1) is 18.3 Å². The number of aromatic nitrogens is 3. The molecule has 3 aromatic rings. The monoisotopic (exact) mass is 288 g/mol. The van der Waals surface area contributed by atoms with Crippen molar-refractivity contribution >= 4 is 11.6 Å². The van der Waals surface area contributed by atoms with Gasteiger partial charge in [-0.15, -0.1) is 0 Å². The summed E-state index contributed by atoms with van der Waals surface area (Å²) in [6, 6.07) is 13.5. The van der Waals surface area contributed by atoms with Gasteiger partial charge < -0.3 is 4.52 Å². The molecule has 0 N–H and O–H groups in total. The van der Waals surface area contributed by atoms with Crippen molar-refractivity contribution in [3.05, 3.63) is 65.8 Å². The van der Waals surface area contributed by atoms with Crippen LogP contribution >= 0.6 is 0 Å². The van der Waals surface area contributed by atoms with Crippen molar-refractivity contribution in [1.29, 1.82) is 5.26 Å². The summed E-state index contributed by atoms with van der Waals surface area (Å²) in [5.41, 5.74) is 3.11. The van der Waals surface area contributed by atoms with Crippen LogP contribution in [-0.2, 0) is 0 Å². The van der Waals surface area contributed by atoms with E-state index in [1.165, 1.54) is 0 Å². The zero-order valence-corrected chi connectivity index (χ0v) is 11.9. The maximum absolute atomic E-state index is 9.29. The van der Waals surface area contributed by atoms with Gasteiger partial charge >= 0.3 is 0 Å². The van der Waals surface area contributed by atoms with Crippen LogP contribution in [-0.4, -0.2) is 15.1 Å². The van der Waals surface area contributed by atoms with Gasteiger partial charge in [-0.2, -0.15) is 10.2 Å². The molecule has 0 aliphatic heterocycles. The van der Waals surface area contributed by atoms with Gasteiger partial charge in [-0.25, -0.2) is 0 Å². The van der Waals surface area contributed by atoms with Crippen LogP contribution in [0.15, 0.2) is 53.3 Å². The van der Waals surface area contributed by atoms with Gasteiger partial charge in [-0.1, -0.05) is 41.1 Å². The minimum Gasteiger partial charge on any atom is -0.333 e. The summed E-state index contributed by atoms with van der Waals surface area (Å²) in [6.07, 6.45) is 5.00. The van der Waals surface area contributed by atoms with Gasteiger partial charge in [-0.3, -0.25) is 4.98 Å². The minimum atomic E-state index is 0.196. The van der Waals surface area contributed by atoms with Gasteiger partial charge in [0, 0.05) is 18.0 Å². The summed E-state index contributed by atoms with van der Waals surface area (Å²) in [7, 11) is 0. The van der Waals surface area contributed by atoms with Crippen molar-refractivity contribution < 1.29 is 4.52 Å². The van der Waals surface area contributed by atoms with E-state index >= 15 is 0 Å². The smallest absolute Gasteiger partial charge is 0.268 e. The lowest BCUT2D eigenvalue weighted by atomic mass is 10.1. The second-order valence-corrected chi connectivity index (χ2v) is 4.75. The third-order valence-corrected chi connectivity index (χ3v) is 3.08. The van der Waals surface area contributed by atoms with Crippen LogP contribution in [0.2, 0.25) is 0 Å². The number of benzene rings is 1. The maximum Gasteiger partial charge on any atom is 0.268 e. The molecular formula is C17H12N4O. The standard InChI is InChI=1S/C17H12N4O/c1-12-4-6-14(7-5-12)16-20-17(22-21-16)15(10-18)9-13-3-2-8-19-11-13/h2-9,11H,1H3/b15-9+. The number of rotatable bonds is 3. The van der Waals surface area contributed by atoms with Crippen LogP contribution in [0.5, 0.6) is 0 Å². The van der Waals surface area contributed by atoms with E-state index in [1.54, 1.807) is 24.5 Å². The Labute approximate surface area is 127 Å². The lowest BCUT2D eigenvalue weighted by molar-refractivity contribution is 0.409. The number of aryl methyl sites for hydroxylation is 1. The fourth-order valence-electron chi connectivity index (χ4n) is 1.92. The fourth-order valence-corrected chi connectivity index (χ4v) is 1.92. The van der Waals surface area contributed by atoms with Gasteiger partial charge in [-0.05, 0) is 24.6 Å². The first-order chi connectivity index (χ1) is 10.8. The first-order valence-corrected chi connectivity index (χ1v) is 6.69. The van der Waals surface area contributed by atoms with Gasteiger partial charge in [0.15, 0.2) is 0 Å². The lowest BCUT2D eigenvalue weighted by Gasteiger charge is -1.94. The molecule has 0 atom stereocenters. The molecule has 0 unspecified atom stereocenters. The highest BCUT2D eigenvalue weighted by atomic mass is 16.5. The highest BCUT2D eigenvalue weighted by molar-refractivity contribution is 5.86. The molecule has 0 aliphatic carbocycles. The second kappa shape index (κ2) is 6.02. The number of pyridine rings is 1. The van der Waals surface area contributed by atoms with Crippen LogP contribution < -0.4 is 0 Å². The van der Waals surface area contributed by atoms with Crippen LogP contribution in [0.25, 0.3) is 23.0 Å². The maximum atomic E-state index is 9.29.